The number of piperidine rings is 1. The zero-order chi connectivity index (χ0) is 15.3. The van der Waals surface area contributed by atoms with E-state index in [2.05, 4.69) is 0 Å². The Morgan fingerprint density at radius 2 is 2.14 bits per heavy atom. The van der Waals surface area contributed by atoms with E-state index in [0.717, 1.165) is 24.2 Å². The molecule has 21 heavy (non-hydrogen) atoms. The van der Waals surface area contributed by atoms with Crippen LogP contribution in [0.25, 0.3) is 0 Å². The molecule has 1 atom stereocenters. The first kappa shape index (κ1) is 16.3. The summed E-state index contributed by atoms with van der Waals surface area (Å²) in [7, 11) is -3.11. The van der Waals surface area contributed by atoms with Gasteiger partial charge in [0.25, 0.3) is 0 Å². The molecule has 1 aromatic rings. The third-order valence-electron chi connectivity index (χ3n) is 3.78. The van der Waals surface area contributed by atoms with Gasteiger partial charge in [0.2, 0.25) is 10.0 Å². The Morgan fingerprint density at radius 1 is 1.38 bits per heavy atom. The number of sulfonamides is 1. The Hall–Kier alpha value is -1.11. The van der Waals surface area contributed by atoms with Crippen LogP contribution >= 0.6 is 0 Å². The van der Waals surface area contributed by atoms with E-state index in [0.29, 0.717) is 26.1 Å². The molecule has 0 aromatic heterocycles. The van der Waals surface area contributed by atoms with Crippen molar-refractivity contribution in [3.8, 4) is 5.75 Å². The number of para-hydroxylation sites is 1. The van der Waals surface area contributed by atoms with Gasteiger partial charge >= 0.3 is 0 Å². The molecule has 1 fully saturated rings. The van der Waals surface area contributed by atoms with Gasteiger partial charge in [0.1, 0.15) is 5.75 Å². The monoisotopic (exact) mass is 313 g/mol. The van der Waals surface area contributed by atoms with Crippen molar-refractivity contribution in [3.05, 3.63) is 29.8 Å². The van der Waals surface area contributed by atoms with Crippen LogP contribution < -0.4 is 4.74 Å². The zero-order valence-electron chi connectivity index (χ0n) is 12.4. The highest BCUT2D eigenvalue weighted by atomic mass is 32.2. The van der Waals surface area contributed by atoms with Gasteiger partial charge in [-0.3, -0.25) is 0 Å². The molecule has 0 aliphatic carbocycles. The minimum Gasteiger partial charge on any atom is -0.493 e. The summed E-state index contributed by atoms with van der Waals surface area (Å²) in [6.45, 7) is 1.73. The molecule has 2 rings (SSSR count). The van der Waals surface area contributed by atoms with Gasteiger partial charge < -0.3 is 9.84 Å². The fourth-order valence-electron chi connectivity index (χ4n) is 2.64. The standard InChI is InChI=1S/C15H23NO4S/c1-21(18,19)16-9-4-5-13(11-16)12-20-15-7-3-2-6-14(15)8-10-17/h2-3,6-7,13,17H,4-5,8-12H2,1H3. The Kier molecular flexibility index (Phi) is 5.61. The van der Waals surface area contributed by atoms with E-state index >= 15 is 0 Å². The first-order valence-corrected chi connectivity index (χ1v) is 9.12. The molecule has 1 aliphatic heterocycles. The first-order chi connectivity index (χ1) is 10.0. The summed E-state index contributed by atoms with van der Waals surface area (Å²) >= 11 is 0. The van der Waals surface area contributed by atoms with Gasteiger partial charge in [-0.15, -0.1) is 0 Å². The molecular formula is C15H23NO4S. The van der Waals surface area contributed by atoms with E-state index in [9.17, 15) is 8.42 Å². The second-order valence-electron chi connectivity index (χ2n) is 5.52. The van der Waals surface area contributed by atoms with Gasteiger partial charge in [-0.25, -0.2) is 12.7 Å². The van der Waals surface area contributed by atoms with Crippen LogP contribution in [0.15, 0.2) is 24.3 Å². The number of hydrogen-bond acceptors (Lipinski definition) is 4. The van der Waals surface area contributed by atoms with Crippen molar-refractivity contribution in [1.29, 1.82) is 0 Å². The van der Waals surface area contributed by atoms with Crippen LogP contribution in [0, 0.1) is 5.92 Å². The molecule has 5 nitrogen and oxygen atoms in total. The third kappa shape index (κ3) is 4.69. The van der Waals surface area contributed by atoms with Crippen molar-refractivity contribution in [3.63, 3.8) is 0 Å². The molecule has 0 saturated carbocycles. The summed E-state index contributed by atoms with van der Waals surface area (Å²) in [6, 6.07) is 7.65. The van der Waals surface area contributed by atoms with Gasteiger partial charge in [-0.2, -0.15) is 0 Å². The number of hydrogen-bond donors (Lipinski definition) is 1. The van der Waals surface area contributed by atoms with Crippen molar-refractivity contribution in [1.82, 2.24) is 4.31 Å². The number of benzene rings is 1. The molecule has 1 unspecified atom stereocenters. The summed E-state index contributed by atoms with van der Waals surface area (Å²) in [4.78, 5) is 0. The van der Waals surface area contributed by atoms with Crippen molar-refractivity contribution < 1.29 is 18.3 Å². The molecule has 1 aromatic carbocycles. The lowest BCUT2D eigenvalue weighted by atomic mass is 10.0. The van der Waals surface area contributed by atoms with Crippen molar-refractivity contribution in [2.24, 2.45) is 5.92 Å². The molecule has 0 radical (unpaired) electrons. The van der Waals surface area contributed by atoms with Gasteiger partial charge in [0.15, 0.2) is 0 Å². The summed E-state index contributed by atoms with van der Waals surface area (Å²) < 4.78 is 30.6. The summed E-state index contributed by atoms with van der Waals surface area (Å²) in [5.74, 6) is 0.999. The summed E-state index contributed by atoms with van der Waals surface area (Å²) in [5.41, 5.74) is 0.982. The Balaban J connectivity index is 1.94. The van der Waals surface area contributed by atoms with Crippen molar-refractivity contribution in [2.75, 3.05) is 32.6 Å². The van der Waals surface area contributed by atoms with Crippen molar-refractivity contribution in [2.45, 2.75) is 19.3 Å². The Labute approximate surface area is 126 Å². The van der Waals surface area contributed by atoms with Crippen LogP contribution in [-0.4, -0.2) is 50.4 Å². The topological polar surface area (TPSA) is 66.8 Å². The lowest BCUT2D eigenvalue weighted by Crippen LogP contribution is -2.40. The van der Waals surface area contributed by atoms with E-state index in [1.807, 2.05) is 24.3 Å². The number of nitrogens with zero attached hydrogens (tertiary/aromatic N) is 1. The van der Waals surface area contributed by atoms with Crippen molar-refractivity contribution >= 4 is 10.0 Å². The second kappa shape index (κ2) is 7.24. The van der Waals surface area contributed by atoms with Gasteiger partial charge in [0, 0.05) is 25.6 Å². The molecule has 6 heteroatoms. The molecule has 1 aliphatic rings. The lowest BCUT2D eigenvalue weighted by molar-refractivity contribution is 0.179. The minimum atomic E-state index is -3.11. The lowest BCUT2D eigenvalue weighted by Gasteiger charge is -2.30. The third-order valence-corrected chi connectivity index (χ3v) is 5.05. The number of aliphatic hydroxyl groups excluding tert-OH is 1. The highest BCUT2D eigenvalue weighted by Gasteiger charge is 2.26. The Bertz CT molecular complexity index is 559. The maximum Gasteiger partial charge on any atom is 0.211 e. The first-order valence-electron chi connectivity index (χ1n) is 7.27. The molecule has 1 N–H and O–H groups in total. The molecule has 1 saturated heterocycles. The summed E-state index contributed by atoms with van der Waals surface area (Å²) in [6.07, 6.45) is 3.68. The largest absolute Gasteiger partial charge is 0.493 e. The molecule has 0 bridgehead atoms. The van der Waals surface area contributed by atoms with E-state index < -0.39 is 10.0 Å². The molecule has 0 amide bonds. The Morgan fingerprint density at radius 3 is 2.86 bits per heavy atom. The predicted molar refractivity (Wildman–Crippen MR) is 81.9 cm³/mol. The average Bonchev–Trinajstić information content (AvgIpc) is 2.46. The SMILES string of the molecule is CS(=O)(=O)N1CCCC(COc2ccccc2CCO)C1. The molecule has 1 heterocycles. The minimum absolute atomic E-state index is 0.0889. The molecule has 0 spiro atoms. The van der Waals surface area contributed by atoms with E-state index in [4.69, 9.17) is 9.84 Å². The predicted octanol–water partition coefficient (Wildman–Crippen LogP) is 1.27. The average molecular weight is 313 g/mol. The number of rotatable bonds is 6. The second-order valence-corrected chi connectivity index (χ2v) is 7.50. The van der Waals surface area contributed by atoms with E-state index in [1.54, 1.807) is 0 Å². The fraction of sp³-hybridized carbons (Fsp3) is 0.600. The quantitative estimate of drug-likeness (QED) is 0.859. The van der Waals surface area contributed by atoms with E-state index in [-0.39, 0.29) is 12.5 Å². The summed E-state index contributed by atoms with van der Waals surface area (Å²) in [5, 5.41) is 9.06. The molecular weight excluding hydrogens is 290 g/mol. The highest BCUT2D eigenvalue weighted by molar-refractivity contribution is 7.88. The van der Waals surface area contributed by atoms with Crippen LogP contribution in [0.1, 0.15) is 18.4 Å². The van der Waals surface area contributed by atoms with Crippen LogP contribution in [0.4, 0.5) is 0 Å². The van der Waals surface area contributed by atoms with Crippen LogP contribution in [-0.2, 0) is 16.4 Å². The normalized spacial score (nSPS) is 20.4. The van der Waals surface area contributed by atoms with Crippen LogP contribution in [0.2, 0.25) is 0 Å². The zero-order valence-corrected chi connectivity index (χ0v) is 13.2. The van der Waals surface area contributed by atoms with Crippen LogP contribution in [0.3, 0.4) is 0 Å². The smallest absolute Gasteiger partial charge is 0.211 e. The number of aliphatic hydroxyl groups is 1. The van der Waals surface area contributed by atoms with Gasteiger partial charge in [-0.1, -0.05) is 18.2 Å². The maximum absolute atomic E-state index is 11.6. The highest BCUT2D eigenvalue weighted by Crippen LogP contribution is 2.23. The van der Waals surface area contributed by atoms with E-state index in [1.165, 1.54) is 10.6 Å². The maximum atomic E-state index is 11.6. The number of ether oxygens (including phenoxy) is 1. The van der Waals surface area contributed by atoms with Crippen LogP contribution in [0.5, 0.6) is 5.75 Å². The van der Waals surface area contributed by atoms with Gasteiger partial charge in [-0.05, 0) is 30.9 Å². The molecule has 118 valence electrons. The fourth-order valence-corrected chi connectivity index (χ4v) is 3.59. The van der Waals surface area contributed by atoms with Gasteiger partial charge in [0.05, 0.1) is 12.9 Å².